The van der Waals surface area contributed by atoms with Crippen molar-refractivity contribution < 1.29 is 13.2 Å². The van der Waals surface area contributed by atoms with Crippen LogP contribution in [0.2, 0.25) is 0 Å². The van der Waals surface area contributed by atoms with Crippen LogP contribution in [0, 0.1) is 0 Å². The Hall–Kier alpha value is -2.12. The Kier molecular flexibility index (Phi) is 4.21. The number of hydrogen-bond acceptors (Lipinski definition) is 5. The van der Waals surface area contributed by atoms with Crippen LogP contribution in [0.3, 0.4) is 0 Å². The molecule has 3 N–H and O–H groups in total. The van der Waals surface area contributed by atoms with Gasteiger partial charge in [-0.05, 0) is 23.8 Å². The molecule has 2 rings (SSSR count). The summed E-state index contributed by atoms with van der Waals surface area (Å²) in [6, 6.07) is 9.64. The van der Waals surface area contributed by atoms with Crippen LogP contribution in [0.5, 0.6) is 5.88 Å². The summed E-state index contributed by atoms with van der Waals surface area (Å²) in [5, 5.41) is 0. The van der Waals surface area contributed by atoms with Gasteiger partial charge in [-0.1, -0.05) is 12.1 Å². The maximum Gasteiger partial charge on any atom is 0.261 e. The van der Waals surface area contributed by atoms with Gasteiger partial charge in [0, 0.05) is 12.6 Å². The Morgan fingerprint density at radius 3 is 2.70 bits per heavy atom. The second-order valence-corrected chi connectivity index (χ2v) is 5.73. The zero-order chi connectivity index (χ0) is 14.6. The number of nitrogens with zero attached hydrogens (tertiary/aromatic N) is 1. The number of pyridine rings is 1. The van der Waals surface area contributed by atoms with Crippen LogP contribution in [0.1, 0.15) is 5.56 Å². The first-order chi connectivity index (χ1) is 9.55. The van der Waals surface area contributed by atoms with Crippen LogP contribution in [0.25, 0.3) is 0 Å². The standard InChI is InChI=1S/C13H15N3O3S/c1-19-13-6-5-11(9-15-13)16-20(17,18)12-4-2-3-10(7-12)8-14/h2-7,9,16H,8,14H2,1H3. The third-order valence-corrected chi connectivity index (χ3v) is 4.02. The van der Waals surface area contributed by atoms with E-state index < -0.39 is 10.0 Å². The highest BCUT2D eigenvalue weighted by molar-refractivity contribution is 7.92. The maximum atomic E-state index is 12.2. The number of sulfonamides is 1. The van der Waals surface area contributed by atoms with Crippen LogP contribution < -0.4 is 15.2 Å². The van der Waals surface area contributed by atoms with E-state index in [1.807, 2.05) is 0 Å². The van der Waals surface area contributed by atoms with Crippen LogP contribution in [0.15, 0.2) is 47.5 Å². The van der Waals surface area contributed by atoms with Gasteiger partial charge < -0.3 is 10.5 Å². The maximum absolute atomic E-state index is 12.2. The lowest BCUT2D eigenvalue weighted by atomic mass is 10.2. The molecule has 0 saturated carbocycles. The number of ether oxygens (including phenoxy) is 1. The van der Waals surface area contributed by atoms with Crippen LogP contribution >= 0.6 is 0 Å². The number of benzene rings is 1. The molecule has 0 aliphatic heterocycles. The van der Waals surface area contributed by atoms with E-state index in [0.29, 0.717) is 11.6 Å². The quantitative estimate of drug-likeness (QED) is 0.867. The Labute approximate surface area is 117 Å². The van der Waals surface area contributed by atoms with Gasteiger partial charge in [0.15, 0.2) is 0 Å². The molecule has 0 fully saturated rings. The van der Waals surface area contributed by atoms with Gasteiger partial charge in [-0.3, -0.25) is 4.72 Å². The normalized spacial score (nSPS) is 11.1. The summed E-state index contributed by atoms with van der Waals surface area (Å²) in [7, 11) is -2.16. The minimum Gasteiger partial charge on any atom is -0.481 e. The lowest BCUT2D eigenvalue weighted by molar-refractivity contribution is 0.398. The van der Waals surface area contributed by atoms with E-state index >= 15 is 0 Å². The fraction of sp³-hybridized carbons (Fsp3) is 0.154. The highest BCUT2D eigenvalue weighted by atomic mass is 32.2. The molecule has 7 heteroatoms. The van der Waals surface area contributed by atoms with Gasteiger partial charge >= 0.3 is 0 Å². The number of anilines is 1. The summed E-state index contributed by atoms with van der Waals surface area (Å²) < 4.78 is 31.8. The minimum absolute atomic E-state index is 0.163. The number of aromatic nitrogens is 1. The molecule has 0 amide bonds. The van der Waals surface area contributed by atoms with E-state index in [1.165, 1.54) is 19.4 Å². The molecule has 1 aromatic heterocycles. The molecular weight excluding hydrogens is 278 g/mol. The Morgan fingerprint density at radius 1 is 1.30 bits per heavy atom. The smallest absolute Gasteiger partial charge is 0.261 e. The molecule has 0 spiro atoms. The fourth-order valence-electron chi connectivity index (χ4n) is 1.62. The molecule has 2 aromatic rings. The topological polar surface area (TPSA) is 94.3 Å². The zero-order valence-electron chi connectivity index (χ0n) is 10.9. The Morgan fingerprint density at radius 2 is 2.10 bits per heavy atom. The SMILES string of the molecule is COc1ccc(NS(=O)(=O)c2cccc(CN)c2)cn1. The molecule has 6 nitrogen and oxygen atoms in total. The van der Waals surface area contributed by atoms with Crippen molar-refractivity contribution in [2.45, 2.75) is 11.4 Å². The molecular formula is C13H15N3O3S. The van der Waals surface area contributed by atoms with Crippen molar-refractivity contribution >= 4 is 15.7 Å². The molecule has 0 saturated heterocycles. The van der Waals surface area contributed by atoms with Crippen molar-refractivity contribution in [3.63, 3.8) is 0 Å². The van der Waals surface area contributed by atoms with Gasteiger partial charge in [0.05, 0.1) is 23.9 Å². The first kappa shape index (κ1) is 14.3. The van der Waals surface area contributed by atoms with Gasteiger partial charge in [0.1, 0.15) is 0 Å². The largest absolute Gasteiger partial charge is 0.481 e. The molecule has 1 heterocycles. The van der Waals surface area contributed by atoms with E-state index in [-0.39, 0.29) is 11.4 Å². The molecule has 20 heavy (non-hydrogen) atoms. The van der Waals surface area contributed by atoms with E-state index in [4.69, 9.17) is 10.5 Å². The number of nitrogens with two attached hydrogens (primary N) is 1. The van der Waals surface area contributed by atoms with Crippen molar-refractivity contribution in [3.8, 4) is 5.88 Å². The third kappa shape index (κ3) is 3.25. The van der Waals surface area contributed by atoms with E-state index in [0.717, 1.165) is 5.56 Å². The monoisotopic (exact) mass is 293 g/mol. The average molecular weight is 293 g/mol. The molecule has 0 bridgehead atoms. The number of hydrogen-bond donors (Lipinski definition) is 2. The summed E-state index contributed by atoms with van der Waals surface area (Å²) in [4.78, 5) is 4.10. The van der Waals surface area contributed by atoms with Crippen LogP contribution in [-0.2, 0) is 16.6 Å². The highest BCUT2D eigenvalue weighted by Gasteiger charge is 2.14. The highest BCUT2D eigenvalue weighted by Crippen LogP contribution is 2.18. The minimum atomic E-state index is -3.65. The average Bonchev–Trinajstić information content (AvgIpc) is 2.48. The molecule has 1 aromatic carbocycles. The van der Waals surface area contributed by atoms with E-state index in [2.05, 4.69) is 9.71 Å². The first-order valence-corrected chi connectivity index (χ1v) is 7.35. The summed E-state index contributed by atoms with van der Waals surface area (Å²) in [6.07, 6.45) is 1.39. The van der Waals surface area contributed by atoms with Gasteiger partial charge in [-0.15, -0.1) is 0 Å². The second-order valence-electron chi connectivity index (χ2n) is 4.05. The fourth-order valence-corrected chi connectivity index (χ4v) is 2.73. The van der Waals surface area contributed by atoms with E-state index in [1.54, 1.807) is 30.3 Å². The summed E-state index contributed by atoms with van der Waals surface area (Å²) in [5.74, 6) is 0.415. The number of methoxy groups -OCH3 is 1. The van der Waals surface area contributed by atoms with Crippen LogP contribution in [0.4, 0.5) is 5.69 Å². The number of rotatable bonds is 5. The van der Waals surface area contributed by atoms with Crippen molar-refractivity contribution in [3.05, 3.63) is 48.2 Å². The Balaban J connectivity index is 2.25. The number of nitrogens with one attached hydrogen (secondary N) is 1. The third-order valence-electron chi connectivity index (χ3n) is 2.64. The summed E-state index contributed by atoms with van der Waals surface area (Å²) in [6.45, 7) is 0.285. The van der Waals surface area contributed by atoms with Crippen molar-refractivity contribution in [1.29, 1.82) is 0 Å². The zero-order valence-corrected chi connectivity index (χ0v) is 11.7. The van der Waals surface area contributed by atoms with Gasteiger partial charge in [0.2, 0.25) is 5.88 Å². The van der Waals surface area contributed by atoms with Crippen molar-refractivity contribution in [2.75, 3.05) is 11.8 Å². The first-order valence-electron chi connectivity index (χ1n) is 5.87. The molecule has 0 aliphatic rings. The molecule has 0 radical (unpaired) electrons. The second kappa shape index (κ2) is 5.89. The van der Waals surface area contributed by atoms with Crippen LogP contribution in [-0.4, -0.2) is 20.5 Å². The predicted octanol–water partition coefficient (Wildman–Crippen LogP) is 1.35. The van der Waals surface area contributed by atoms with Crippen molar-refractivity contribution in [2.24, 2.45) is 5.73 Å². The molecule has 0 atom stereocenters. The molecule has 106 valence electrons. The lowest BCUT2D eigenvalue weighted by Crippen LogP contribution is -2.13. The van der Waals surface area contributed by atoms with Gasteiger partial charge in [-0.25, -0.2) is 13.4 Å². The molecule has 0 aliphatic carbocycles. The summed E-state index contributed by atoms with van der Waals surface area (Å²) >= 11 is 0. The van der Waals surface area contributed by atoms with Crippen molar-refractivity contribution in [1.82, 2.24) is 4.98 Å². The van der Waals surface area contributed by atoms with Gasteiger partial charge in [-0.2, -0.15) is 0 Å². The van der Waals surface area contributed by atoms with Gasteiger partial charge in [0.25, 0.3) is 10.0 Å². The Bertz CT molecular complexity index is 684. The molecule has 0 unspecified atom stereocenters. The predicted molar refractivity (Wildman–Crippen MR) is 75.9 cm³/mol. The van der Waals surface area contributed by atoms with E-state index in [9.17, 15) is 8.42 Å². The summed E-state index contributed by atoms with van der Waals surface area (Å²) in [5.41, 5.74) is 6.62. The lowest BCUT2D eigenvalue weighted by Gasteiger charge is -2.09.